The number of amides is 1. The number of rotatable bonds is 3. The topological polar surface area (TPSA) is 58.6 Å². The number of phenolic OH excluding ortho intramolecular Hbond substituents is 1. The molecule has 0 atom stereocenters. The summed E-state index contributed by atoms with van der Waals surface area (Å²) in [5.74, 6) is -0.197. The fourth-order valence-electron chi connectivity index (χ4n) is 1.79. The molecule has 0 bridgehead atoms. The molecule has 92 valence electrons. The maximum Gasteiger partial charge on any atom is 0.251 e. The van der Waals surface area contributed by atoms with Crippen LogP contribution >= 0.6 is 11.6 Å². The number of carbonyl (C=O) groups is 1. The Kier molecular flexibility index (Phi) is 3.54. The van der Waals surface area contributed by atoms with Crippen molar-refractivity contribution in [2.24, 2.45) is 0 Å². The van der Waals surface area contributed by atoms with Gasteiger partial charge < -0.3 is 15.2 Å². The van der Waals surface area contributed by atoms with E-state index in [9.17, 15) is 9.90 Å². The molecule has 1 aliphatic carbocycles. The predicted octanol–water partition coefficient (Wildman–Crippen LogP) is 1.95. The van der Waals surface area contributed by atoms with Crippen molar-refractivity contribution in [2.75, 3.05) is 7.11 Å². The van der Waals surface area contributed by atoms with Gasteiger partial charge in [-0.1, -0.05) is 11.6 Å². The minimum absolute atomic E-state index is 0.0219. The lowest BCUT2D eigenvalue weighted by Crippen LogP contribution is -2.47. The Bertz CT molecular complexity index is 430. The van der Waals surface area contributed by atoms with Crippen molar-refractivity contribution in [2.45, 2.75) is 25.0 Å². The lowest BCUT2D eigenvalue weighted by atomic mass is 9.89. The van der Waals surface area contributed by atoms with Gasteiger partial charge in [0.1, 0.15) is 5.75 Å². The largest absolute Gasteiger partial charge is 0.506 e. The van der Waals surface area contributed by atoms with E-state index in [0.717, 1.165) is 12.8 Å². The van der Waals surface area contributed by atoms with Crippen molar-refractivity contribution in [3.63, 3.8) is 0 Å². The average molecular weight is 256 g/mol. The van der Waals surface area contributed by atoms with Crippen molar-refractivity contribution >= 4 is 17.5 Å². The smallest absolute Gasteiger partial charge is 0.251 e. The lowest BCUT2D eigenvalue weighted by molar-refractivity contribution is 0.0176. The number of aromatic hydroxyl groups is 1. The number of nitrogens with one attached hydrogen (secondary N) is 1. The molecule has 0 saturated heterocycles. The Morgan fingerprint density at radius 1 is 1.53 bits per heavy atom. The zero-order valence-electron chi connectivity index (χ0n) is 9.44. The van der Waals surface area contributed by atoms with Crippen LogP contribution in [0.5, 0.6) is 5.75 Å². The molecule has 0 aromatic heterocycles. The minimum Gasteiger partial charge on any atom is -0.506 e. The SMILES string of the molecule is COC1CC(NC(=O)c2ccc(O)c(Cl)c2)C1. The minimum atomic E-state index is -0.175. The van der Waals surface area contributed by atoms with Gasteiger partial charge in [-0.25, -0.2) is 0 Å². The molecule has 0 unspecified atom stereocenters. The summed E-state index contributed by atoms with van der Waals surface area (Å²) in [5.41, 5.74) is 0.452. The molecule has 1 fully saturated rings. The molecule has 1 saturated carbocycles. The van der Waals surface area contributed by atoms with Crippen molar-refractivity contribution < 1.29 is 14.6 Å². The number of methoxy groups -OCH3 is 1. The third-order valence-electron chi connectivity index (χ3n) is 2.97. The normalized spacial score (nSPS) is 22.9. The monoisotopic (exact) mass is 255 g/mol. The quantitative estimate of drug-likeness (QED) is 0.868. The first-order chi connectivity index (χ1) is 8.10. The molecule has 0 heterocycles. The van der Waals surface area contributed by atoms with Crippen LogP contribution in [0.3, 0.4) is 0 Å². The molecule has 1 aromatic carbocycles. The molecule has 1 amide bonds. The van der Waals surface area contributed by atoms with E-state index in [1.807, 2.05) is 0 Å². The summed E-state index contributed by atoms with van der Waals surface area (Å²) in [6.45, 7) is 0. The molecule has 4 nitrogen and oxygen atoms in total. The Hall–Kier alpha value is -1.26. The van der Waals surface area contributed by atoms with E-state index in [-0.39, 0.29) is 28.8 Å². The highest BCUT2D eigenvalue weighted by Crippen LogP contribution is 2.25. The summed E-state index contributed by atoms with van der Waals surface area (Å²) >= 11 is 5.74. The summed E-state index contributed by atoms with van der Waals surface area (Å²) in [6.07, 6.45) is 1.94. The Labute approximate surface area is 105 Å². The van der Waals surface area contributed by atoms with Crippen LogP contribution in [0.1, 0.15) is 23.2 Å². The van der Waals surface area contributed by atoms with E-state index in [2.05, 4.69) is 5.32 Å². The van der Waals surface area contributed by atoms with Crippen LogP contribution in [-0.4, -0.2) is 30.3 Å². The first-order valence-electron chi connectivity index (χ1n) is 5.42. The van der Waals surface area contributed by atoms with Crippen molar-refractivity contribution in [3.8, 4) is 5.75 Å². The Morgan fingerprint density at radius 3 is 2.82 bits per heavy atom. The number of hydrogen-bond donors (Lipinski definition) is 2. The average Bonchev–Trinajstić information content (AvgIpc) is 2.26. The Balaban J connectivity index is 1.94. The van der Waals surface area contributed by atoms with Crippen LogP contribution in [0.2, 0.25) is 5.02 Å². The number of phenols is 1. The van der Waals surface area contributed by atoms with E-state index in [0.29, 0.717) is 5.56 Å². The van der Waals surface area contributed by atoms with E-state index in [1.165, 1.54) is 12.1 Å². The maximum atomic E-state index is 11.8. The molecule has 1 aliphatic rings. The zero-order valence-corrected chi connectivity index (χ0v) is 10.2. The van der Waals surface area contributed by atoms with Gasteiger partial charge in [0, 0.05) is 18.7 Å². The second-order valence-corrected chi connectivity index (χ2v) is 4.57. The van der Waals surface area contributed by atoms with Crippen molar-refractivity contribution in [1.29, 1.82) is 0 Å². The van der Waals surface area contributed by atoms with E-state index >= 15 is 0 Å². The molecular formula is C12H14ClNO3. The number of benzene rings is 1. The van der Waals surface area contributed by atoms with Crippen LogP contribution in [0, 0.1) is 0 Å². The summed E-state index contributed by atoms with van der Waals surface area (Å²) in [7, 11) is 1.67. The number of ether oxygens (including phenoxy) is 1. The van der Waals surface area contributed by atoms with Crippen molar-refractivity contribution in [1.82, 2.24) is 5.32 Å². The van der Waals surface area contributed by atoms with Crippen LogP contribution in [0.15, 0.2) is 18.2 Å². The molecule has 2 rings (SSSR count). The highest BCUT2D eigenvalue weighted by Gasteiger charge is 2.30. The van der Waals surface area contributed by atoms with Gasteiger partial charge >= 0.3 is 0 Å². The van der Waals surface area contributed by atoms with Crippen LogP contribution in [-0.2, 0) is 4.74 Å². The van der Waals surface area contributed by atoms with Gasteiger partial charge in [0.05, 0.1) is 11.1 Å². The number of hydrogen-bond acceptors (Lipinski definition) is 3. The Morgan fingerprint density at radius 2 is 2.24 bits per heavy atom. The molecule has 2 N–H and O–H groups in total. The lowest BCUT2D eigenvalue weighted by Gasteiger charge is -2.34. The van der Waals surface area contributed by atoms with Crippen molar-refractivity contribution in [3.05, 3.63) is 28.8 Å². The van der Waals surface area contributed by atoms with Gasteiger partial charge in [0.2, 0.25) is 0 Å². The van der Waals surface area contributed by atoms with Gasteiger partial charge in [0.15, 0.2) is 0 Å². The first-order valence-corrected chi connectivity index (χ1v) is 5.80. The predicted molar refractivity (Wildman–Crippen MR) is 64.4 cm³/mol. The molecule has 17 heavy (non-hydrogen) atoms. The second-order valence-electron chi connectivity index (χ2n) is 4.17. The van der Waals surface area contributed by atoms with Crippen LogP contribution < -0.4 is 5.32 Å². The van der Waals surface area contributed by atoms with Gasteiger partial charge in [-0.05, 0) is 31.0 Å². The van der Waals surface area contributed by atoms with E-state index in [1.54, 1.807) is 13.2 Å². The fraction of sp³-hybridized carbons (Fsp3) is 0.417. The zero-order chi connectivity index (χ0) is 12.4. The summed E-state index contributed by atoms with van der Waals surface area (Å²) < 4.78 is 5.13. The third-order valence-corrected chi connectivity index (χ3v) is 3.28. The molecule has 5 heteroatoms. The van der Waals surface area contributed by atoms with Crippen LogP contribution in [0.4, 0.5) is 0 Å². The maximum absolute atomic E-state index is 11.8. The molecule has 0 aliphatic heterocycles. The van der Waals surface area contributed by atoms with Gasteiger partial charge in [0.25, 0.3) is 5.91 Å². The number of carbonyl (C=O) groups excluding carboxylic acids is 1. The fourth-order valence-corrected chi connectivity index (χ4v) is 1.97. The molecule has 0 spiro atoms. The van der Waals surface area contributed by atoms with E-state index < -0.39 is 0 Å². The highest BCUT2D eigenvalue weighted by atomic mass is 35.5. The second kappa shape index (κ2) is 4.94. The highest BCUT2D eigenvalue weighted by molar-refractivity contribution is 6.32. The standard InChI is InChI=1S/C12H14ClNO3/c1-17-9-5-8(6-9)14-12(16)7-2-3-11(15)10(13)4-7/h2-4,8-9,15H,5-6H2,1H3,(H,14,16). The van der Waals surface area contributed by atoms with E-state index in [4.69, 9.17) is 16.3 Å². The van der Waals surface area contributed by atoms with Gasteiger partial charge in [-0.3, -0.25) is 4.79 Å². The molecule has 0 radical (unpaired) electrons. The number of halogens is 1. The van der Waals surface area contributed by atoms with Gasteiger partial charge in [-0.15, -0.1) is 0 Å². The summed E-state index contributed by atoms with van der Waals surface area (Å²) in [5, 5.41) is 12.3. The molecular weight excluding hydrogens is 242 g/mol. The summed E-state index contributed by atoms with van der Waals surface area (Å²) in [6, 6.07) is 4.58. The summed E-state index contributed by atoms with van der Waals surface area (Å²) in [4.78, 5) is 11.8. The third kappa shape index (κ3) is 2.70. The van der Waals surface area contributed by atoms with Gasteiger partial charge in [-0.2, -0.15) is 0 Å². The van der Waals surface area contributed by atoms with Crippen LogP contribution in [0.25, 0.3) is 0 Å². The molecule has 1 aromatic rings. The first kappa shape index (κ1) is 12.2.